The fraction of sp³-hybridized carbons (Fsp3) is 0.250. The van der Waals surface area contributed by atoms with Gasteiger partial charge in [-0.3, -0.25) is 4.79 Å². The van der Waals surface area contributed by atoms with E-state index in [-0.39, 0.29) is 11.7 Å². The van der Waals surface area contributed by atoms with Gasteiger partial charge in [-0.1, -0.05) is 0 Å². The fourth-order valence-electron chi connectivity index (χ4n) is 3.19. The van der Waals surface area contributed by atoms with Crippen molar-refractivity contribution in [3.05, 3.63) is 65.9 Å². The molecule has 0 unspecified atom stereocenters. The number of hydrogen-bond acceptors (Lipinski definition) is 5. The van der Waals surface area contributed by atoms with Crippen LogP contribution in [0.4, 0.5) is 15.9 Å². The van der Waals surface area contributed by atoms with Gasteiger partial charge in [-0.2, -0.15) is 5.10 Å². The number of aromatic nitrogens is 3. The van der Waals surface area contributed by atoms with E-state index < -0.39 is 0 Å². The van der Waals surface area contributed by atoms with E-state index in [2.05, 4.69) is 25.6 Å². The molecule has 0 spiro atoms. The highest BCUT2D eigenvalue weighted by Gasteiger charge is 2.17. The summed E-state index contributed by atoms with van der Waals surface area (Å²) in [6, 6.07) is 9.75. The molecule has 3 heterocycles. The molecule has 4 rings (SSSR count). The van der Waals surface area contributed by atoms with Crippen molar-refractivity contribution in [3.63, 3.8) is 0 Å². The number of anilines is 2. The number of amides is 1. The molecule has 1 aliphatic heterocycles. The molecule has 0 saturated carbocycles. The van der Waals surface area contributed by atoms with Crippen molar-refractivity contribution in [2.24, 2.45) is 0 Å². The number of hydrogen-bond donors (Lipinski definition) is 2. The molecule has 2 N–H and O–H groups in total. The maximum Gasteiger partial charge on any atom is 0.277 e. The minimum absolute atomic E-state index is 0.304. The summed E-state index contributed by atoms with van der Waals surface area (Å²) in [6.45, 7) is 5.51. The van der Waals surface area contributed by atoms with Gasteiger partial charge in [0, 0.05) is 55.9 Å². The van der Waals surface area contributed by atoms with Crippen LogP contribution >= 0.6 is 0 Å². The molecule has 8 heteroatoms. The van der Waals surface area contributed by atoms with Crippen LogP contribution in [0.3, 0.4) is 0 Å². The normalized spacial score (nSPS) is 14.1. The molecule has 28 heavy (non-hydrogen) atoms. The van der Waals surface area contributed by atoms with Gasteiger partial charge in [0.2, 0.25) is 0 Å². The van der Waals surface area contributed by atoms with E-state index in [4.69, 9.17) is 0 Å². The quantitative estimate of drug-likeness (QED) is 0.727. The first-order valence-corrected chi connectivity index (χ1v) is 9.15. The summed E-state index contributed by atoms with van der Waals surface area (Å²) < 4.78 is 14.7. The van der Waals surface area contributed by atoms with E-state index >= 15 is 0 Å². The van der Waals surface area contributed by atoms with Gasteiger partial charge in [0.05, 0.1) is 5.69 Å². The molecule has 0 aliphatic carbocycles. The molecule has 1 saturated heterocycles. The van der Waals surface area contributed by atoms with E-state index in [9.17, 15) is 9.18 Å². The molecule has 0 bridgehead atoms. The van der Waals surface area contributed by atoms with Crippen molar-refractivity contribution >= 4 is 17.4 Å². The van der Waals surface area contributed by atoms with Crippen LogP contribution in [0.25, 0.3) is 5.69 Å². The number of aryl methyl sites for hydroxylation is 1. The molecule has 1 amide bonds. The van der Waals surface area contributed by atoms with Gasteiger partial charge >= 0.3 is 0 Å². The average Bonchev–Trinajstić information content (AvgIpc) is 3.11. The molecule has 3 aromatic rings. The lowest BCUT2D eigenvalue weighted by molar-refractivity contribution is 0.102. The lowest BCUT2D eigenvalue weighted by atomic mass is 10.2. The summed E-state index contributed by atoms with van der Waals surface area (Å²) in [5.74, 6) is -0.166. The lowest BCUT2D eigenvalue weighted by Crippen LogP contribution is -2.43. The highest BCUT2D eigenvalue weighted by Crippen LogP contribution is 2.19. The van der Waals surface area contributed by atoms with Crippen molar-refractivity contribution in [2.45, 2.75) is 6.92 Å². The van der Waals surface area contributed by atoms with E-state index in [1.165, 1.54) is 12.1 Å². The molecule has 0 radical (unpaired) electrons. The molecule has 1 aromatic carbocycles. The Bertz CT molecular complexity index is 979. The van der Waals surface area contributed by atoms with Crippen molar-refractivity contribution < 1.29 is 9.18 Å². The zero-order chi connectivity index (χ0) is 19.5. The average molecular weight is 380 g/mol. The summed E-state index contributed by atoms with van der Waals surface area (Å²) in [5.41, 5.74) is 2.74. The van der Waals surface area contributed by atoms with Crippen LogP contribution in [0, 0.1) is 12.7 Å². The number of nitrogens with zero attached hydrogens (tertiary/aromatic N) is 4. The molecule has 2 aromatic heterocycles. The van der Waals surface area contributed by atoms with Crippen LogP contribution in [0.2, 0.25) is 0 Å². The zero-order valence-electron chi connectivity index (χ0n) is 15.5. The van der Waals surface area contributed by atoms with Crippen molar-refractivity contribution in [1.29, 1.82) is 0 Å². The third-order valence-electron chi connectivity index (χ3n) is 4.67. The van der Waals surface area contributed by atoms with Crippen LogP contribution in [0.1, 0.15) is 16.1 Å². The van der Waals surface area contributed by atoms with Gasteiger partial charge in [0.1, 0.15) is 11.6 Å². The van der Waals surface area contributed by atoms with E-state index in [1.54, 1.807) is 29.2 Å². The predicted octanol–water partition coefficient (Wildman–Crippen LogP) is 2.38. The molecule has 7 nitrogen and oxygen atoms in total. The Balaban J connectivity index is 1.52. The molecule has 1 fully saturated rings. The molecular formula is C20H21FN6O. The molecular weight excluding hydrogens is 359 g/mol. The zero-order valence-corrected chi connectivity index (χ0v) is 15.5. The fourth-order valence-corrected chi connectivity index (χ4v) is 3.19. The maximum absolute atomic E-state index is 13.1. The standard InChI is InChI=1S/C20H21FN6O/c1-14-13-27(16-4-2-15(21)3-5-16)25-19(14)20(28)24-18-12-17(6-7-23-18)26-10-8-22-9-11-26/h2-7,12-13,22H,8-11H2,1H3,(H,23,24,28). The van der Waals surface area contributed by atoms with Gasteiger partial charge in [-0.25, -0.2) is 14.1 Å². The van der Waals surface area contributed by atoms with Crippen LogP contribution < -0.4 is 15.5 Å². The smallest absolute Gasteiger partial charge is 0.277 e. The highest BCUT2D eigenvalue weighted by atomic mass is 19.1. The van der Waals surface area contributed by atoms with E-state index in [0.29, 0.717) is 17.2 Å². The van der Waals surface area contributed by atoms with Crippen molar-refractivity contribution in [1.82, 2.24) is 20.1 Å². The topological polar surface area (TPSA) is 75.1 Å². The Morgan fingerprint density at radius 1 is 1.14 bits per heavy atom. The van der Waals surface area contributed by atoms with E-state index in [1.807, 2.05) is 19.1 Å². The Hall–Kier alpha value is -3.26. The van der Waals surface area contributed by atoms with Gasteiger partial charge < -0.3 is 15.5 Å². The van der Waals surface area contributed by atoms with Crippen LogP contribution in [0.5, 0.6) is 0 Å². The second-order valence-corrected chi connectivity index (χ2v) is 6.67. The highest BCUT2D eigenvalue weighted by molar-refractivity contribution is 6.03. The molecule has 144 valence electrons. The number of nitrogens with one attached hydrogen (secondary N) is 2. The summed E-state index contributed by atoms with van der Waals surface area (Å²) in [4.78, 5) is 19.2. The lowest BCUT2D eigenvalue weighted by Gasteiger charge is -2.29. The summed E-state index contributed by atoms with van der Waals surface area (Å²) >= 11 is 0. The third-order valence-corrected chi connectivity index (χ3v) is 4.67. The Morgan fingerprint density at radius 3 is 2.64 bits per heavy atom. The first kappa shape index (κ1) is 18.1. The van der Waals surface area contributed by atoms with Crippen molar-refractivity contribution in [2.75, 3.05) is 36.4 Å². The maximum atomic E-state index is 13.1. The van der Waals surface area contributed by atoms with Crippen LogP contribution in [-0.2, 0) is 0 Å². The number of benzene rings is 1. The number of rotatable bonds is 4. The van der Waals surface area contributed by atoms with Gasteiger partial charge in [-0.05, 0) is 37.3 Å². The predicted molar refractivity (Wildman–Crippen MR) is 106 cm³/mol. The first-order chi connectivity index (χ1) is 13.6. The number of carbonyl (C=O) groups is 1. The van der Waals surface area contributed by atoms with Crippen molar-refractivity contribution in [3.8, 4) is 5.69 Å². The van der Waals surface area contributed by atoms with Crippen LogP contribution in [0.15, 0.2) is 48.8 Å². The number of piperazine rings is 1. The minimum Gasteiger partial charge on any atom is -0.369 e. The third kappa shape index (κ3) is 3.86. The minimum atomic E-state index is -0.330. The Kier molecular flexibility index (Phi) is 5.03. The second kappa shape index (κ2) is 7.77. The number of carbonyl (C=O) groups excluding carboxylic acids is 1. The SMILES string of the molecule is Cc1cn(-c2ccc(F)cc2)nc1C(=O)Nc1cc(N2CCNCC2)ccn1. The summed E-state index contributed by atoms with van der Waals surface area (Å²) in [6.07, 6.45) is 3.43. The largest absolute Gasteiger partial charge is 0.369 e. The Morgan fingerprint density at radius 2 is 1.89 bits per heavy atom. The van der Waals surface area contributed by atoms with Crippen LogP contribution in [-0.4, -0.2) is 46.9 Å². The monoisotopic (exact) mass is 380 g/mol. The van der Waals surface area contributed by atoms with Gasteiger partial charge in [0.25, 0.3) is 5.91 Å². The molecule has 0 atom stereocenters. The number of pyridine rings is 1. The van der Waals surface area contributed by atoms with Gasteiger partial charge in [-0.15, -0.1) is 0 Å². The summed E-state index contributed by atoms with van der Waals surface area (Å²) in [7, 11) is 0. The second-order valence-electron chi connectivity index (χ2n) is 6.67. The Labute approximate surface area is 162 Å². The van der Waals surface area contributed by atoms with Gasteiger partial charge in [0.15, 0.2) is 5.69 Å². The number of halogens is 1. The van der Waals surface area contributed by atoms with E-state index in [0.717, 1.165) is 37.4 Å². The molecule has 1 aliphatic rings. The summed E-state index contributed by atoms with van der Waals surface area (Å²) in [5, 5.41) is 10.5. The first-order valence-electron chi connectivity index (χ1n) is 9.15.